The Kier molecular flexibility index (Phi) is 4.43. The van der Waals surface area contributed by atoms with E-state index in [1.165, 1.54) is 11.9 Å². The zero-order valence-electron chi connectivity index (χ0n) is 12.4. The number of rotatable bonds is 7. The van der Waals surface area contributed by atoms with E-state index in [0.717, 1.165) is 19.4 Å². The highest BCUT2D eigenvalue weighted by molar-refractivity contribution is 5.29. The van der Waals surface area contributed by atoms with E-state index in [1.807, 2.05) is 29.8 Å². The Balaban J connectivity index is 1.73. The van der Waals surface area contributed by atoms with Crippen molar-refractivity contribution in [2.75, 3.05) is 5.32 Å². The lowest BCUT2D eigenvalue weighted by molar-refractivity contribution is 0.489. The fraction of sp³-hybridized carbons (Fsp3) is 0.333. The number of hydrogen-bond acceptors (Lipinski definition) is 6. The standard InChI is InChI=1S/C15H18N6O/c1-2-14-19-20-15(22-14)18-13(12-6-4-3-5-7-12)8-9-21-11-16-10-17-21/h3-7,10-11,13H,2,8-9H2,1H3,(H,18,20)/t13-/m0/s1. The van der Waals surface area contributed by atoms with Crippen LogP contribution >= 0.6 is 0 Å². The van der Waals surface area contributed by atoms with Gasteiger partial charge in [-0.05, 0) is 12.0 Å². The Labute approximate surface area is 128 Å². The van der Waals surface area contributed by atoms with Crippen molar-refractivity contribution in [2.45, 2.75) is 32.4 Å². The molecule has 0 radical (unpaired) electrons. The first-order chi connectivity index (χ1) is 10.8. The average Bonchev–Trinajstić information content (AvgIpc) is 3.23. The van der Waals surface area contributed by atoms with E-state index in [4.69, 9.17) is 4.42 Å². The molecule has 2 aromatic heterocycles. The van der Waals surface area contributed by atoms with Crippen molar-refractivity contribution in [3.63, 3.8) is 0 Å². The number of hydrogen-bond donors (Lipinski definition) is 1. The summed E-state index contributed by atoms with van der Waals surface area (Å²) in [5.41, 5.74) is 1.17. The molecule has 0 saturated heterocycles. The fourth-order valence-electron chi connectivity index (χ4n) is 2.22. The van der Waals surface area contributed by atoms with Crippen LogP contribution in [0.4, 0.5) is 6.01 Å². The molecule has 1 N–H and O–H groups in total. The molecule has 7 heteroatoms. The summed E-state index contributed by atoms with van der Waals surface area (Å²) in [5.74, 6) is 0.630. The van der Waals surface area contributed by atoms with Crippen molar-refractivity contribution >= 4 is 6.01 Å². The van der Waals surface area contributed by atoms with Gasteiger partial charge < -0.3 is 9.73 Å². The Morgan fingerprint density at radius 3 is 2.77 bits per heavy atom. The maximum Gasteiger partial charge on any atom is 0.315 e. The molecule has 22 heavy (non-hydrogen) atoms. The van der Waals surface area contributed by atoms with E-state index in [9.17, 15) is 0 Å². The molecule has 0 unspecified atom stereocenters. The van der Waals surface area contributed by atoms with Crippen LogP contribution in [0.25, 0.3) is 0 Å². The van der Waals surface area contributed by atoms with E-state index in [1.54, 1.807) is 6.33 Å². The van der Waals surface area contributed by atoms with Gasteiger partial charge >= 0.3 is 6.01 Å². The van der Waals surface area contributed by atoms with Crippen LogP contribution in [-0.4, -0.2) is 25.0 Å². The predicted octanol–water partition coefficient (Wildman–Crippen LogP) is 2.47. The van der Waals surface area contributed by atoms with Crippen LogP contribution in [0, 0.1) is 0 Å². The molecule has 0 spiro atoms. The Hall–Kier alpha value is -2.70. The molecule has 114 valence electrons. The second-order valence-corrected chi connectivity index (χ2v) is 4.91. The summed E-state index contributed by atoms with van der Waals surface area (Å²) in [4.78, 5) is 3.96. The minimum absolute atomic E-state index is 0.0653. The molecule has 7 nitrogen and oxygen atoms in total. The summed E-state index contributed by atoms with van der Waals surface area (Å²) in [6, 6.07) is 10.7. The average molecular weight is 298 g/mol. The van der Waals surface area contributed by atoms with Gasteiger partial charge in [-0.3, -0.25) is 4.68 Å². The summed E-state index contributed by atoms with van der Waals surface area (Å²) in [6.45, 7) is 2.73. The monoisotopic (exact) mass is 298 g/mol. The Morgan fingerprint density at radius 2 is 2.09 bits per heavy atom. The van der Waals surface area contributed by atoms with Gasteiger partial charge in [-0.1, -0.05) is 42.4 Å². The van der Waals surface area contributed by atoms with Crippen LogP contribution < -0.4 is 5.32 Å². The minimum atomic E-state index is 0.0653. The van der Waals surface area contributed by atoms with Gasteiger partial charge in [0, 0.05) is 13.0 Å². The van der Waals surface area contributed by atoms with Crippen LogP contribution in [0.1, 0.15) is 30.8 Å². The molecule has 0 saturated carbocycles. The molecule has 0 bridgehead atoms. The van der Waals surface area contributed by atoms with E-state index in [0.29, 0.717) is 11.9 Å². The summed E-state index contributed by atoms with van der Waals surface area (Å²) in [7, 11) is 0. The largest absolute Gasteiger partial charge is 0.408 e. The molecule has 3 aromatic rings. The normalized spacial score (nSPS) is 12.2. The maximum atomic E-state index is 5.55. The lowest BCUT2D eigenvalue weighted by Gasteiger charge is -2.17. The molecule has 0 aliphatic carbocycles. The van der Waals surface area contributed by atoms with E-state index in [-0.39, 0.29) is 6.04 Å². The number of nitrogens with zero attached hydrogens (tertiary/aromatic N) is 5. The highest BCUT2D eigenvalue weighted by Crippen LogP contribution is 2.22. The van der Waals surface area contributed by atoms with Gasteiger partial charge in [-0.25, -0.2) is 4.98 Å². The van der Waals surface area contributed by atoms with Crippen molar-refractivity contribution < 1.29 is 4.42 Å². The third-order valence-corrected chi connectivity index (χ3v) is 3.38. The zero-order valence-corrected chi connectivity index (χ0v) is 12.4. The first-order valence-corrected chi connectivity index (χ1v) is 7.31. The Bertz CT molecular complexity index is 679. The lowest BCUT2D eigenvalue weighted by atomic mass is 10.0. The number of nitrogens with one attached hydrogen (secondary N) is 1. The highest BCUT2D eigenvalue weighted by Gasteiger charge is 2.15. The summed E-state index contributed by atoms with van der Waals surface area (Å²) < 4.78 is 7.36. The highest BCUT2D eigenvalue weighted by atomic mass is 16.4. The first kappa shape index (κ1) is 14.2. The molecular formula is C15H18N6O. The number of aromatic nitrogens is 5. The molecule has 0 aliphatic heterocycles. The fourth-order valence-corrected chi connectivity index (χ4v) is 2.22. The lowest BCUT2D eigenvalue weighted by Crippen LogP contribution is -2.14. The van der Waals surface area contributed by atoms with Crippen molar-refractivity contribution in [1.29, 1.82) is 0 Å². The van der Waals surface area contributed by atoms with Gasteiger partial charge in [0.15, 0.2) is 0 Å². The van der Waals surface area contributed by atoms with Gasteiger partial charge in [0.1, 0.15) is 12.7 Å². The number of anilines is 1. The topological polar surface area (TPSA) is 81.7 Å². The van der Waals surface area contributed by atoms with Crippen LogP contribution in [-0.2, 0) is 13.0 Å². The first-order valence-electron chi connectivity index (χ1n) is 7.31. The SMILES string of the molecule is CCc1nnc(N[C@@H](CCn2cncn2)c2ccccc2)o1. The molecular weight excluding hydrogens is 280 g/mol. The van der Waals surface area contributed by atoms with Gasteiger partial charge in [0.25, 0.3) is 0 Å². The predicted molar refractivity (Wildman–Crippen MR) is 81.1 cm³/mol. The van der Waals surface area contributed by atoms with E-state index < -0.39 is 0 Å². The molecule has 3 rings (SSSR count). The third-order valence-electron chi connectivity index (χ3n) is 3.38. The molecule has 1 aromatic carbocycles. The molecule has 1 atom stereocenters. The smallest absolute Gasteiger partial charge is 0.315 e. The molecule has 0 fully saturated rings. The Morgan fingerprint density at radius 1 is 1.23 bits per heavy atom. The van der Waals surface area contributed by atoms with Gasteiger partial charge in [-0.2, -0.15) is 5.10 Å². The van der Waals surface area contributed by atoms with E-state index in [2.05, 4.69) is 37.7 Å². The van der Waals surface area contributed by atoms with Crippen molar-refractivity contribution in [3.8, 4) is 0 Å². The summed E-state index contributed by atoms with van der Waals surface area (Å²) in [5, 5.41) is 15.5. The zero-order chi connectivity index (χ0) is 15.2. The van der Waals surface area contributed by atoms with E-state index >= 15 is 0 Å². The molecule has 0 amide bonds. The summed E-state index contributed by atoms with van der Waals surface area (Å²) in [6.07, 6.45) is 4.81. The van der Waals surface area contributed by atoms with Crippen LogP contribution in [0.5, 0.6) is 0 Å². The van der Waals surface area contributed by atoms with Gasteiger partial charge in [0.2, 0.25) is 5.89 Å². The molecule has 0 aliphatic rings. The van der Waals surface area contributed by atoms with Crippen LogP contribution in [0.15, 0.2) is 47.4 Å². The number of benzene rings is 1. The van der Waals surface area contributed by atoms with Crippen molar-refractivity contribution in [3.05, 3.63) is 54.4 Å². The van der Waals surface area contributed by atoms with Crippen LogP contribution in [0.3, 0.4) is 0 Å². The molecule has 2 heterocycles. The van der Waals surface area contributed by atoms with Gasteiger partial charge in [0.05, 0.1) is 6.04 Å². The second kappa shape index (κ2) is 6.84. The van der Waals surface area contributed by atoms with Gasteiger partial charge in [-0.15, -0.1) is 5.10 Å². The second-order valence-electron chi connectivity index (χ2n) is 4.91. The van der Waals surface area contributed by atoms with Crippen LogP contribution in [0.2, 0.25) is 0 Å². The maximum absolute atomic E-state index is 5.55. The van der Waals surface area contributed by atoms with Crippen molar-refractivity contribution in [2.24, 2.45) is 0 Å². The minimum Gasteiger partial charge on any atom is -0.408 e. The quantitative estimate of drug-likeness (QED) is 0.721. The van der Waals surface area contributed by atoms with Crippen molar-refractivity contribution in [1.82, 2.24) is 25.0 Å². The third kappa shape index (κ3) is 3.49. The number of aryl methyl sites for hydroxylation is 2. The summed E-state index contributed by atoms with van der Waals surface area (Å²) >= 11 is 0.